The number of halogens is 3. The highest BCUT2D eigenvalue weighted by molar-refractivity contribution is 9.10. The Morgan fingerprint density at radius 1 is 1.35 bits per heavy atom. The summed E-state index contributed by atoms with van der Waals surface area (Å²) in [4.78, 5) is 24.5. The molecule has 34 heavy (non-hydrogen) atoms. The molecule has 1 aromatic heterocycles. The first-order valence-electron chi connectivity index (χ1n) is 11.3. The van der Waals surface area contributed by atoms with Crippen molar-refractivity contribution in [2.24, 2.45) is 0 Å². The summed E-state index contributed by atoms with van der Waals surface area (Å²) in [5.74, 6) is 0.573. The zero-order valence-corrected chi connectivity index (χ0v) is 20.9. The molecule has 2 unspecified atom stereocenters. The summed E-state index contributed by atoms with van der Waals surface area (Å²) >= 11 is 9.92. The topological polar surface area (TPSA) is 100 Å². The van der Waals surface area contributed by atoms with Gasteiger partial charge in [0, 0.05) is 31.1 Å². The van der Waals surface area contributed by atoms with Gasteiger partial charge in [-0.15, -0.1) is 0 Å². The molecule has 2 aromatic rings. The van der Waals surface area contributed by atoms with Crippen molar-refractivity contribution < 1.29 is 23.8 Å². The molecule has 3 fully saturated rings. The predicted molar refractivity (Wildman–Crippen MR) is 127 cm³/mol. The predicted octanol–water partition coefficient (Wildman–Crippen LogP) is 3.54. The molecule has 1 amide bonds. The molecule has 12 heteroatoms. The van der Waals surface area contributed by atoms with Crippen LogP contribution in [-0.2, 0) is 0 Å². The van der Waals surface area contributed by atoms with Gasteiger partial charge in [-0.3, -0.25) is 9.80 Å². The van der Waals surface area contributed by atoms with Crippen LogP contribution in [-0.4, -0.2) is 88.1 Å². The van der Waals surface area contributed by atoms with Crippen LogP contribution in [0.1, 0.15) is 31.0 Å². The number of ether oxygens (including phenoxy) is 2. The molecule has 5 rings (SSSR count). The Kier molecular flexibility index (Phi) is 6.71. The van der Waals surface area contributed by atoms with Gasteiger partial charge in [0.2, 0.25) is 0 Å². The van der Waals surface area contributed by atoms with Crippen LogP contribution in [0.3, 0.4) is 0 Å². The van der Waals surface area contributed by atoms with Crippen LogP contribution in [0, 0.1) is 0 Å². The van der Waals surface area contributed by atoms with Gasteiger partial charge in [-0.2, -0.15) is 9.97 Å². The van der Waals surface area contributed by atoms with E-state index in [1.807, 2.05) is 24.1 Å². The largest absolute Gasteiger partial charge is 0.487 e. The van der Waals surface area contributed by atoms with Crippen molar-refractivity contribution in [3.63, 3.8) is 0 Å². The normalized spacial score (nSPS) is 27.8. The van der Waals surface area contributed by atoms with Crippen molar-refractivity contribution in [2.75, 3.05) is 33.3 Å². The first-order chi connectivity index (χ1) is 16.3. The fraction of sp³-hybridized carbons (Fsp3) is 0.591. The monoisotopic (exact) mass is 557 g/mol. The number of carboxylic acid groups (broad SMARTS) is 1. The second kappa shape index (κ2) is 9.60. The highest BCUT2D eigenvalue weighted by Crippen LogP contribution is 2.41. The number of amides is 1. The number of hydrogen-bond acceptors (Lipinski definition) is 7. The van der Waals surface area contributed by atoms with E-state index in [-0.39, 0.29) is 24.8 Å². The molecule has 184 valence electrons. The molecule has 0 radical (unpaired) electrons. The van der Waals surface area contributed by atoms with Crippen LogP contribution in [0.5, 0.6) is 11.8 Å². The zero-order chi connectivity index (χ0) is 24.0. The molecule has 0 spiro atoms. The number of hydrogen-bond donors (Lipinski definition) is 2. The smallest absolute Gasteiger partial charge is 0.409 e. The Hall–Kier alpha value is -1.95. The first kappa shape index (κ1) is 23.8. The van der Waals surface area contributed by atoms with E-state index in [1.165, 1.54) is 4.90 Å². The molecule has 3 heterocycles. The zero-order valence-electron chi connectivity index (χ0n) is 18.6. The third kappa shape index (κ3) is 4.75. The number of likely N-dealkylation sites (N-methyl/N-ethyl adjacent to an activating group) is 1. The van der Waals surface area contributed by atoms with E-state index >= 15 is 0 Å². The van der Waals surface area contributed by atoms with Crippen LogP contribution >= 0.6 is 27.5 Å². The Morgan fingerprint density at radius 3 is 2.82 bits per heavy atom. The number of likely N-dealkylation sites (tertiary alicyclic amines) is 1. The number of carbonyl (C=O) groups is 1. The SMILES string of the molecule is CN1C[C@@H](F)C[C@H]1COc1nc(C2CNCC(Cl)N2C(=O)O)c2ccc(Br)c(OC3CC3)c2n1. The van der Waals surface area contributed by atoms with Gasteiger partial charge in [-0.25, -0.2) is 9.18 Å². The minimum atomic E-state index is -1.13. The standard InChI is InChI=1S/C22H26BrClFN5O4/c1-29-9-11(25)6-12(29)10-33-21-27-18(16-7-26-8-17(24)30(16)22(31)32)14-4-5-15(23)20(19(14)28-21)34-13-2-3-13/h4-5,11-13,16-17,26H,2-3,6-10H2,1H3,(H,31,32)/t11-,12-,16?,17?/m0/s1. The van der Waals surface area contributed by atoms with E-state index < -0.39 is 23.8 Å². The molecule has 9 nitrogen and oxygen atoms in total. The lowest BCUT2D eigenvalue weighted by atomic mass is 10.0. The van der Waals surface area contributed by atoms with E-state index in [4.69, 9.17) is 21.1 Å². The summed E-state index contributed by atoms with van der Waals surface area (Å²) in [5, 5.41) is 13.7. The molecule has 4 atom stereocenters. The third-order valence-electron chi connectivity index (χ3n) is 6.46. The molecule has 1 aromatic carbocycles. The molecule has 0 bridgehead atoms. The van der Waals surface area contributed by atoms with Crippen LogP contribution in [0.2, 0.25) is 0 Å². The maximum absolute atomic E-state index is 13.8. The number of benzene rings is 1. The van der Waals surface area contributed by atoms with Crippen molar-refractivity contribution >= 4 is 44.5 Å². The Bertz CT molecular complexity index is 1090. The number of piperazine rings is 1. The molecule has 1 saturated carbocycles. The molecule has 2 aliphatic heterocycles. The molecule has 2 saturated heterocycles. The summed E-state index contributed by atoms with van der Waals surface area (Å²) in [5.41, 5.74) is 0.264. The van der Waals surface area contributed by atoms with Gasteiger partial charge >= 0.3 is 12.1 Å². The van der Waals surface area contributed by atoms with Gasteiger partial charge in [0.1, 0.15) is 23.8 Å². The number of aromatic nitrogens is 2. The first-order valence-corrected chi connectivity index (χ1v) is 12.5. The molecule has 1 aliphatic carbocycles. The van der Waals surface area contributed by atoms with Crippen LogP contribution in [0.4, 0.5) is 9.18 Å². The molecule has 2 N–H and O–H groups in total. The van der Waals surface area contributed by atoms with E-state index in [1.54, 1.807) is 0 Å². The lowest BCUT2D eigenvalue weighted by Gasteiger charge is -2.37. The van der Waals surface area contributed by atoms with E-state index in [0.29, 0.717) is 48.4 Å². The molecule has 3 aliphatic rings. The van der Waals surface area contributed by atoms with Crippen molar-refractivity contribution in [1.29, 1.82) is 0 Å². The molecular formula is C22H26BrClFN5O4. The average Bonchev–Trinajstić information content (AvgIpc) is 3.55. The Labute approximate surface area is 209 Å². The van der Waals surface area contributed by atoms with Crippen molar-refractivity contribution in [2.45, 2.75) is 49.1 Å². The third-order valence-corrected chi connectivity index (χ3v) is 7.45. The quantitative estimate of drug-likeness (QED) is 0.410. The second-order valence-corrected chi connectivity index (χ2v) is 10.4. The van der Waals surface area contributed by atoms with Gasteiger partial charge in [0.25, 0.3) is 0 Å². The summed E-state index contributed by atoms with van der Waals surface area (Å²) in [7, 11) is 1.86. The Balaban J connectivity index is 1.57. The number of fused-ring (bicyclic) bond motifs is 1. The van der Waals surface area contributed by atoms with Crippen LogP contribution in [0.15, 0.2) is 16.6 Å². The molecular weight excluding hydrogens is 533 g/mol. The summed E-state index contributed by atoms with van der Waals surface area (Å²) in [6.07, 6.45) is 0.419. The van der Waals surface area contributed by atoms with Gasteiger partial charge in [0.15, 0.2) is 5.75 Å². The lowest BCUT2D eigenvalue weighted by Crippen LogP contribution is -2.52. The van der Waals surface area contributed by atoms with Crippen molar-refractivity contribution in [3.8, 4) is 11.8 Å². The lowest BCUT2D eigenvalue weighted by molar-refractivity contribution is 0.100. The van der Waals surface area contributed by atoms with Gasteiger partial charge < -0.3 is 19.9 Å². The summed E-state index contributed by atoms with van der Waals surface area (Å²) in [6.45, 7) is 1.25. The van der Waals surface area contributed by atoms with E-state index in [9.17, 15) is 14.3 Å². The minimum Gasteiger partial charge on any atom is -0.487 e. The number of alkyl halides is 2. The highest BCUT2D eigenvalue weighted by Gasteiger charge is 2.37. The van der Waals surface area contributed by atoms with Gasteiger partial charge in [-0.05, 0) is 54.4 Å². The maximum atomic E-state index is 13.8. The average molecular weight is 559 g/mol. The van der Waals surface area contributed by atoms with Crippen molar-refractivity contribution in [1.82, 2.24) is 25.1 Å². The Morgan fingerprint density at radius 2 is 2.15 bits per heavy atom. The fourth-order valence-corrected chi connectivity index (χ4v) is 5.26. The maximum Gasteiger partial charge on any atom is 0.409 e. The highest BCUT2D eigenvalue weighted by atomic mass is 79.9. The van der Waals surface area contributed by atoms with Gasteiger partial charge in [-0.1, -0.05) is 11.6 Å². The number of rotatable bonds is 6. The fourth-order valence-electron chi connectivity index (χ4n) is 4.52. The summed E-state index contributed by atoms with van der Waals surface area (Å²) < 4.78 is 26.7. The van der Waals surface area contributed by atoms with Crippen LogP contribution < -0.4 is 14.8 Å². The second-order valence-electron chi connectivity index (χ2n) is 9.02. The number of nitrogens with one attached hydrogen (secondary N) is 1. The number of nitrogens with zero attached hydrogens (tertiary/aromatic N) is 4. The van der Waals surface area contributed by atoms with E-state index in [2.05, 4.69) is 31.2 Å². The summed E-state index contributed by atoms with van der Waals surface area (Å²) in [6, 6.07) is 3.04. The van der Waals surface area contributed by atoms with E-state index in [0.717, 1.165) is 17.3 Å². The van der Waals surface area contributed by atoms with Crippen LogP contribution in [0.25, 0.3) is 10.9 Å². The van der Waals surface area contributed by atoms with Gasteiger partial charge in [0.05, 0.1) is 22.3 Å². The minimum absolute atomic E-state index is 0.0958. The van der Waals surface area contributed by atoms with Crippen molar-refractivity contribution in [3.05, 3.63) is 22.3 Å².